The lowest BCUT2D eigenvalue weighted by molar-refractivity contribution is -0.140. The van der Waals surface area contributed by atoms with Crippen LogP contribution in [0.5, 0.6) is 0 Å². The Kier molecular flexibility index (Phi) is 6.83. The number of H-pyrrole nitrogens is 1. The van der Waals surface area contributed by atoms with E-state index >= 15 is 0 Å². The highest BCUT2D eigenvalue weighted by Gasteiger charge is 2.43. The zero-order valence-electron chi connectivity index (χ0n) is 21.7. The fourth-order valence-corrected chi connectivity index (χ4v) is 5.72. The molecular weight excluding hydrogens is 626 g/mol. The maximum atomic E-state index is 14.4. The highest BCUT2D eigenvalue weighted by molar-refractivity contribution is 6.31. The molecule has 2 aliphatic heterocycles. The Morgan fingerprint density at radius 2 is 1.73 bits per heavy atom. The number of benzene rings is 3. The van der Waals surface area contributed by atoms with Gasteiger partial charge in [0.1, 0.15) is 17.3 Å². The number of alkyl halides is 6. The largest absolute Gasteiger partial charge is 0.433 e. The van der Waals surface area contributed by atoms with Crippen molar-refractivity contribution in [3.63, 3.8) is 0 Å². The maximum Gasteiger partial charge on any atom is 0.433 e. The van der Waals surface area contributed by atoms with E-state index in [9.17, 15) is 44.7 Å². The number of hydrogen-bond acceptors (Lipinski definition) is 3. The van der Waals surface area contributed by atoms with Crippen LogP contribution in [0.1, 0.15) is 44.3 Å². The Balaban J connectivity index is 1.60. The molecule has 7 nitrogen and oxygen atoms in total. The van der Waals surface area contributed by atoms with Crippen molar-refractivity contribution >= 4 is 34.9 Å². The van der Waals surface area contributed by atoms with Gasteiger partial charge in [-0.3, -0.25) is 14.8 Å². The zero-order valence-corrected chi connectivity index (χ0v) is 22.5. The first-order valence-electron chi connectivity index (χ1n) is 12.7. The molecule has 0 saturated carbocycles. The van der Waals surface area contributed by atoms with E-state index in [4.69, 9.17) is 11.6 Å². The molecule has 228 valence electrons. The van der Waals surface area contributed by atoms with Crippen LogP contribution in [0.15, 0.2) is 48.7 Å². The van der Waals surface area contributed by atoms with Crippen LogP contribution in [0.3, 0.4) is 0 Å². The van der Waals surface area contributed by atoms with Crippen LogP contribution in [0, 0.1) is 11.6 Å². The van der Waals surface area contributed by atoms with E-state index in [-0.39, 0.29) is 57.7 Å². The number of urea groups is 1. The number of aromatic amines is 1. The molecule has 3 N–H and O–H groups in total. The number of carbonyl (C=O) groups excluding carboxylic acids is 2. The quantitative estimate of drug-likeness (QED) is 0.202. The summed E-state index contributed by atoms with van der Waals surface area (Å²) in [6.07, 6.45) is -8.91. The van der Waals surface area contributed by atoms with Crippen molar-refractivity contribution in [3.8, 4) is 11.1 Å². The lowest BCUT2D eigenvalue weighted by atomic mass is 9.87. The molecule has 6 rings (SSSR count). The normalized spacial score (nSPS) is 16.2. The van der Waals surface area contributed by atoms with Crippen molar-refractivity contribution < 1.29 is 44.7 Å². The van der Waals surface area contributed by atoms with Gasteiger partial charge in [0.2, 0.25) is 0 Å². The average molecular weight is 642 g/mol. The summed E-state index contributed by atoms with van der Waals surface area (Å²) < 4.78 is 110. The number of anilines is 2. The van der Waals surface area contributed by atoms with Crippen LogP contribution in [-0.4, -0.2) is 28.7 Å². The maximum absolute atomic E-state index is 14.4. The van der Waals surface area contributed by atoms with Gasteiger partial charge in [-0.1, -0.05) is 11.6 Å². The van der Waals surface area contributed by atoms with E-state index < -0.39 is 64.4 Å². The third kappa shape index (κ3) is 5.00. The van der Waals surface area contributed by atoms with Gasteiger partial charge in [0.25, 0.3) is 5.91 Å². The molecule has 3 heterocycles. The highest BCUT2D eigenvalue weighted by Crippen LogP contribution is 2.51. The topological polar surface area (TPSA) is 90.1 Å². The standard InChI is InChI=1S/C28H16ClF8N5O2/c29-19-2-1-13(30)8-17(19)22-21-20(39-25(43)11-5-12(27(32,33)34)7-14(31)6-11)9-16(18-10-38-41-24(18)28(35,36)37)15-3-4-42(23(15)21)26(44)40-22/h1-2,5-10,22H,3-4H2,(H,38,41)(H,39,43)(H,40,44). The van der Waals surface area contributed by atoms with E-state index in [1.165, 1.54) is 11.0 Å². The zero-order chi connectivity index (χ0) is 31.7. The number of nitrogens with zero attached hydrogens (tertiary/aromatic N) is 2. The van der Waals surface area contributed by atoms with Gasteiger partial charge in [0.15, 0.2) is 0 Å². The van der Waals surface area contributed by atoms with Crippen LogP contribution in [0.4, 0.5) is 51.3 Å². The number of carbonyl (C=O) groups is 2. The van der Waals surface area contributed by atoms with Gasteiger partial charge in [0.05, 0.1) is 23.5 Å². The van der Waals surface area contributed by atoms with Crippen LogP contribution >= 0.6 is 11.6 Å². The summed E-state index contributed by atoms with van der Waals surface area (Å²) in [5, 5.41) is 10.4. The highest BCUT2D eigenvalue weighted by atomic mass is 35.5. The summed E-state index contributed by atoms with van der Waals surface area (Å²) in [7, 11) is 0. The molecule has 0 saturated heterocycles. The molecule has 2 aliphatic rings. The van der Waals surface area contributed by atoms with Crippen molar-refractivity contribution in [1.82, 2.24) is 15.5 Å². The van der Waals surface area contributed by atoms with Gasteiger partial charge in [0, 0.05) is 39.5 Å². The molecule has 0 fully saturated rings. The molecule has 3 amide bonds. The molecule has 1 aromatic heterocycles. The minimum atomic E-state index is -5.00. The number of aromatic nitrogens is 2. The third-order valence-electron chi connectivity index (χ3n) is 7.32. The number of amides is 3. The Bertz CT molecular complexity index is 1850. The Morgan fingerprint density at radius 1 is 0.977 bits per heavy atom. The first-order valence-corrected chi connectivity index (χ1v) is 13.0. The van der Waals surface area contributed by atoms with Crippen LogP contribution < -0.4 is 15.5 Å². The lowest BCUT2D eigenvalue weighted by Gasteiger charge is -2.35. The molecule has 1 atom stereocenters. The van der Waals surface area contributed by atoms with Crippen LogP contribution in [0.25, 0.3) is 11.1 Å². The van der Waals surface area contributed by atoms with E-state index in [0.717, 1.165) is 24.4 Å². The summed E-state index contributed by atoms with van der Waals surface area (Å²) in [5.41, 5.74) is -3.73. The van der Waals surface area contributed by atoms with Gasteiger partial charge < -0.3 is 10.6 Å². The first kappa shape index (κ1) is 29.4. The summed E-state index contributed by atoms with van der Waals surface area (Å²) >= 11 is 6.35. The fraction of sp³-hybridized carbons (Fsp3) is 0.179. The summed E-state index contributed by atoms with van der Waals surface area (Å²) in [5.74, 6) is -3.35. The van der Waals surface area contributed by atoms with E-state index in [0.29, 0.717) is 12.1 Å². The minimum absolute atomic E-state index is 0.00704. The molecule has 1 unspecified atom stereocenters. The molecular formula is C28H16ClF8N5O2. The third-order valence-corrected chi connectivity index (χ3v) is 7.66. The molecule has 0 bridgehead atoms. The molecule has 4 aromatic rings. The molecule has 3 aromatic carbocycles. The minimum Gasteiger partial charge on any atom is -0.327 e. The van der Waals surface area contributed by atoms with Crippen molar-refractivity contribution in [2.45, 2.75) is 24.8 Å². The van der Waals surface area contributed by atoms with Crippen LogP contribution in [0.2, 0.25) is 5.02 Å². The van der Waals surface area contributed by atoms with Gasteiger partial charge in [-0.15, -0.1) is 0 Å². The second kappa shape index (κ2) is 10.2. The van der Waals surface area contributed by atoms with E-state index in [2.05, 4.69) is 15.7 Å². The predicted octanol–water partition coefficient (Wildman–Crippen LogP) is 7.47. The molecule has 0 spiro atoms. The number of rotatable bonds is 4. The molecule has 44 heavy (non-hydrogen) atoms. The first-order chi connectivity index (χ1) is 20.6. The van der Waals surface area contributed by atoms with Gasteiger partial charge in [-0.05, 0) is 60.0 Å². The number of halogens is 9. The van der Waals surface area contributed by atoms with Crippen molar-refractivity contribution in [1.29, 1.82) is 0 Å². The average Bonchev–Trinajstić information content (AvgIpc) is 3.61. The monoisotopic (exact) mass is 641 g/mol. The fourth-order valence-electron chi connectivity index (χ4n) is 5.49. The molecule has 0 aliphatic carbocycles. The smallest absolute Gasteiger partial charge is 0.327 e. The van der Waals surface area contributed by atoms with Crippen molar-refractivity contribution in [2.75, 3.05) is 16.8 Å². The number of nitrogens with one attached hydrogen (secondary N) is 3. The SMILES string of the molecule is O=C(Nc1cc(-c2cn[nH]c2C(F)(F)F)c2c3c1C(c1cc(F)ccc1Cl)NC(=O)N3CC2)c1cc(F)cc(C(F)(F)F)c1. The summed E-state index contributed by atoms with van der Waals surface area (Å²) in [4.78, 5) is 27.7. The molecule has 16 heteroatoms. The predicted molar refractivity (Wildman–Crippen MR) is 141 cm³/mol. The Morgan fingerprint density at radius 3 is 2.43 bits per heavy atom. The molecule has 0 radical (unpaired) electrons. The lowest BCUT2D eigenvalue weighted by Crippen LogP contribution is -2.46. The van der Waals surface area contributed by atoms with Gasteiger partial charge in [-0.2, -0.15) is 31.4 Å². The summed E-state index contributed by atoms with van der Waals surface area (Å²) in [6, 6.07) is 3.63. The Hall–Kier alpha value is -4.66. The summed E-state index contributed by atoms with van der Waals surface area (Å²) in [6.45, 7) is 0.0141. The van der Waals surface area contributed by atoms with Crippen molar-refractivity contribution in [3.05, 3.63) is 98.8 Å². The Labute approximate surface area is 246 Å². The number of hydrogen-bond donors (Lipinski definition) is 3. The van der Waals surface area contributed by atoms with E-state index in [1.54, 1.807) is 0 Å². The van der Waals surface area contributed by atoms with Crippen LogP contribution in [-0.2, 0) is 18.8 Å². The van der Waals surface area contributed by atoms with Crippen molar-refractivity contribution in [2.24, 2.45) is 0 Å². The second-order valence-electron chi connectivity index (χ2n) is 10.00. The van der Waals surface area contributed by atoms with E-state index in [1.807, 2.05) is 5.10 Å². The second-order valence-corrected chi connectivity index (χ2v) is 10.4. The van der Waals surface area contributed by atoms with Gasteiger partial charge in [-0.25, -0.2) is 13.6 Å². The van der Waals surface area contributed by atoms with Gasteiger partial charge >= 0.3 is 18.4 Å².